The van der Waals surface area contributed by atoms with Gasteiger partial charge in [-0.3, -0.25) is 14.4 Å². The van der Waals surface area contributed by atoms with E-state index in [1.807, 2.05) is 0 Å². The minimum Gasteiger partial charge on any atom is -0.459 e. The normalized spacial score (nSPS) is 11.0. The zero-order valence-electron chi connectivity index (χ0n) is 15.6. The van der Waals surface area contributed by atoms with E-state index in [1.54, 1.807) is 24.3 Å². The fourth-order valence-electron chi connectivity index (χ4n) is 2.48. The highest BCUT2D eigenvalue weighted by Gasteiger charge is 2.41. The Balaban J connectivity index is 1.87. The standard InChI is InChI=1S/C19H20F3N3O4/c1-2-25(18(28)19(20,21)22)12-13-5-3-6-14(11-13)24-16(26)8-9-23-17(27)15-7-4-10-29-15/h3-7,10-11H,2,8-9,12H2,1H3,(H,23,27)(H,24,26). The monoisotopic (exact) mass is 411 g/mol. The Hall–Kier alpha value is -3.30. The molecule has 2 rings (SSSR count). The highest BCUT2D eigenvalue weighted by Crippen LogP contribution is 2.21. The van der Waals surface area contributed by atoms with Gasteiger partial charge in [0.25, 0.3) is 5.91 Å². The van der Waals surface area contributed by atoms with E-state index >= 15 is 0 Å². The number of carbonyl (C=O) groups excluding carboxylic acids is 3. The van der Waals surface area contributed by atoms with Gasteiger partial charge in [-0.1, -0.05) is 12.1 Å². The van der Waals surface area contributed by atoms with Gasteiger partial charge in [0, 0.05) is 31.7 Å². The molecule has 1 heterocycles. The molecule has 1 aromatic heterocycles. The first kappa shape index (κ1) is 22.0. The summed E-state index contributed by atoms with van der Waals surface area (Å²) < 4.78 is 42.8. The molecular formula is C19H20F3N3O4. The number of benzene rings is 1. The van der Waals surface area contributed by atoms with Crippen LogP contribution in [-0.4, -0.2) is 41.9 Å². The number of amides is 3. The van der Waals surface area contributed by atoms with Gasteiger partial charge in [0.2, 0.25) is 5.91 Å². The van der Waals surface area contributed by atoms with E-state index in [4.69, 9.17) is 4.42 Å². The molecule has 7 nitrogen and oxygen atoms in total. The number of carbonyl (C=O) groups is 3. The van der Waals surface area contributed by atoms with Gasteiger partial charge in [0.15, 0.2) is 5.76 Å². The molecule has 1 aromatic carbocycles. The second-order valence-electron chi connectivity index (χ2n) is 6.05. The Morgan fingerprint density at radius 2 is 1.90 bits per heavy atom. The van der Waals surface area contributed by atoms with E-state index in [9.17, 15) is 27.6 Å². The second kappa shape index (κ2) is 9.76. The maximum atomic E-state index is 12.6. The Labute approximate surface area is 164 Å². The third kappa shape index (κ3) is 6.66. The van der Waals surface area contributed by atoms with Gasteiger partial charge in [0.05, 0.1) is 6.26 Å². The van der Waals surface area contributed by atoms with Crippen molar-refractivity contribution in [2.45, 2.75) is 26.1 Å². The van der Waals surface area contributed by atoms with E-state index in [2.05, 4.69) is 10.6 Å². The lowest BCUT2D eigenvalue weighted by molar-refractivity contribution is -0.185. The van der Waals surface area contributed by atoms with Crippen molar-refractivity contribution in [2.75, 3.05) is 18.4 Å². The van der Waals surface area contributed by atoms with Crippen LogP contribution in [0.5, 0.6) is 0 Å². The summed E-state index contributed by atoms with van der Waals surface area (Å²) in [5.41, 5.74) is 0.814. The van der Waals surface area contributed by atoms with Crippen LogP contribution in [0.3, 0.4) is 0 Å². The molecule has 0 atom stereocenters. The third-order valence-corrected chi connectivity index (χ3v) is 3.88. The van der Waals surface area contributed by atoms with E-state index in [0.29, 0.717) is 16.2 Å². The van der Waals surface area contributed by atoms with Gasteiger partial charge >= 0.3 is 12.1 Å². The molecule has 10 heteroatoms. The molecule has 0 bridgehead atoms. The van der Waals surface area contributed by atoms with Gasteiger partial charge in [-0.25, -0.2) is 0 Å². The van der Waals surface area contributed by atoms with Crippen LogP contribution in [0.2, 0.25) is 0 Å². The molecule has 0 aliphatic heterocycles. The van der Waals surface area contributed by atoms with Gasteiger partial charge < -0.3 is 20.0 Å². The van der Waals surface area contributed by atoms with Crippen LogP contribution in [0.4, 0.5) is 18.9 Å². The molecule has 3 amide bonds. The molecule has 0 aliphatic rings. The summed E-state index contributed by atoms with van der Waals surface area (Å²) in [7, 11) is 0. The third-order valence-electron chi connectivity index (χ3n) is 3.88. The van der Waals surface area contributed by atoms with Crippen LogP contribution in [0.25, 0.3) is 0 Å². The topological polar surface area (TPSA) is 91.7 Å². The molecule has 2 aromatic rings. The molecule has 0 spiro atoms. The summed E-state index contributed by atoms with van der Waals surface area (Å²) in [6.07, 6.45) is -3.59. The van der Waals surface area contributed by atoms with Crippen molar-refractivity contribution < 1.29 is 32.0 Å². The Morgan fingerprint density at radius 1 is 1.14 bits per heavy atom. The first-order valence-electron chi connectivity index (χ1n) is 8.77. The predicted octanol–water partition coefficient (Wildman–Crippen LogP) is 2.95. The number of hydrogen-bond acceptors (Lipinski definition) is 4. The summed E-state index contributed by atoms with van der Waals surface area (Å²) >= 11 is 0. The predicted molar refractivity (Wildman–Crippen MR) is 97.9 cm³/mol. The number of anilines is 1. The van der Waals surface area contributed by atoms with Gasteiger partial charge in [0.1, 0.15) is 0 Å². The molecule has 29 heavy (non-hydrogen) atoms. The number of furan rings is 1. The maximum absolute atomic E-state index is 12.6. The first-order chi connectivity index (χ1) is 13.7. The zero-order valence-corrected chi connectivity index (χ0v) is 15.6. The maximum Gasteiger partial charge on any atom is 0.471 e. The molecule has 0 unspecified atom stereocenters. The van der Waals surface area contributed by atoms with Crippen LogP contribution in [-0.2, 0) is 16.1 Å². The van der Waals surface area contributed by atoms with E-state index in [1.165, 1.54) is 25.3 Å². The van der Waals surface area contributed by atoms with Crippen LogP contribution in [0.1, 0.15) is 29.5 Å². The van der Waals surface area contributed by atoms with E-state index in [0.717, 1.165) is 0 Å². The molecule has 0 fully saturated rings. The van der Waals surface area contributed by atoms with Crippen molar-refractivity contribution in [2.24, 2.45) is 0 Å². The molecule has 0 saturated heterocycles. The number of nitrogens with zero attached hydrogens (tertiary/aromatic N) is 1. The quantitative estimate of drug-likeness (QED) is 0.699. The summed E-state index contributed by atoms with van der Waals surface area (Å²) in [5.74, 6) is -2.62. The molecule has 0 radical (unpaired) electrons. The molecular weight excluding hydrogens is 391 g/mol. The molecule has 0 aliphatic carbocycles. The summed E-state index contributed by atoms with van der Waals surface area (Å²) in [5, 5.41) is 5.13. The largest absolute Gasteiger partial charge is 0.471 e. The zero-order chi connectivity index (χ0) is 21.4. The van der Waals surface area contributed by atoms with Crippen LogP contribution in [0, 0.1) is 0 Å². The smallest absolute Gasteiger partial charge is 0.459 e. The first-order valence-corrected chi connectivity index (χ1v) is 8.77. The van der Waals surface area contributed by atoms with E-state index < -0.39 is 18.0 Å². The summed E-state index contributed by atoms with van der Waals surface area (Å²) in [4.78, 5) is 35.8. The Morgan fingerprint density at radius 3 is 2.52 bits per heavy atom. The lowest BCUT2D eigenvalue weighted by Gasteiger charge is -2.22. The summed E-state index contributed by atoms with van der Waals surface area (Å²) in [6, 6.07) is 9.25. The minimum absolute atomic E-state index is 0.00960. The second-order valence-corrected chi connectivity index (χ2v) is 6.05. The van der Waals surface area contributed by atoms with Crippen molar-refractivity contribution >= 4 is 23.4 Å². The lowest BCUT2D eigenvalue weighted by Crippen LogP contribution is -2.40. The minimum atomic E-state index is -4.94. The van der Waals surface area contributed by atoms with Gasteiger partial charge in [-0.2, -0.15) is 13.2 Å². The number of nitrogens with one attached hydrogen (secondary N) is 2. The highest BCUT2D eigenvalue weighted by molar-refractivity contribution is 5.93. The number of rotatable bonds is 8. The molecule has 2 N–H and O–H groups in total. The van der Waals surface area contributed by atoms with Crippen molar-refractivity contribution in [3.05, 3.63) is 54.0 Å². The average Bonchev–Trinajstić information content (AvgIpc) is 3.20. The van der Waals surface area contributed by atoms with Crippen molar-refractivity contribution in [1.82, 2.24) is 10.2 Å². The number of hydrogen-bond donors (Lipinski definition) is 2. The number of halogens is 3. The lowest BCUT2D eigenvalue weighted by atomic mass is 10.1. The van der Waals surface area contributed by atoms with Crippen molar-refractivity contribution in [3.8, 4) is 0 Å². The molecule has 156 valence electrons. The Kier molecular flexibility index (Phi) is 7.40. The Bertz CT molecular complexity index is 851. The van der Waals surface area contributed by atoms with Crippen LogP contribution in [0.15, 0.2) is 47.1 Å². The van der Waals surface area contributed by atoms with Gasteiger partial charge in [-0.15, -0.1) is 0 Å². The fraction of sp³-hybridized carbons (Fsp3) is 0.316. The number of alkyl halides is 3. The SMILES string of the molecule is CCN(Cc1cccc(NC(=O)CCNC(=O)c2ccco2)c1)C(=O)C(F)(F)F. The van der Waals surface area contributed by atoms with Crippen LogP contribution < -0.4 is 10.6 Å². The van der Waals surface area contributed by atoms with Gasteiger partial charge in [-0.05, 0) is 36.8 Å². The molecule has 0 saturated carbocycles. The van der Waals surface area contributed by atoms with Crippen molar-refractivity contribution in [1.29, 1.82) is 0 Å². The highest BCUT2D eigenvalue weighted by atomic mass is 19.4. The van der Waals surface area contributed by atoms with E-state index in [-0.39, 0.29) is 37.7 Å². The summed E-state index contributed by atoms with van der Waals surface area (Å²) in [6.45, 7) is 1.18. The van der Waals surface area contributed by atoms with Crippen LogP contribution >= 0.6 is 0 Å². The fourth-order valence-corrected chi connectivity index (χ4v) is 2.48. The average molecular weight is 411 g/mol. The van der Waals surface area contributed by atoms with Crippen molar-refractivity contribution in [3.63, 3.8) is 0 Å².